The summed E-state index contributed by atoms with van der Waals surface area (Å²) in [6, 6.07) is 7.54. The van der Waals surface area contributed by atoms with Crippen LogP contribution in [0.15, 0.2) is 42.5 Å². The molecule has 8 nitrogen and oxygen atoms in total. The van der Waals surface area contributed by atoms with Gasteiger partial charge in [0.05, 0.1) is 24.9 Å². The third-order valence-electron chi connectivity index (χ3n) is 4.80. The molecule has 2 aromatic rings. The first-order valence-corrected chi connectivity index (χ1v) is 9.53. The Balaban J connectivity index is 1.78. The monoisotopic (exact) mass is 451 g/mol. The molecule has 11 heteroatoms. The summed E-state index contributed by atoms with van der Waals surface area (Å²) in [6.07, 6.45) is -4.27. The van der Waals surface area contributed by atoms with Gasteiger partial charge in [0, 0.05) is 12.5 Å². The minimum Gasteiger partial charge on any atom is -0.495 e. The predicted molar refractivity (Wildman–Crippen MR) is 107 cm³/mol. The van der Waals surface area contributed by atoms with E-state index in [-0.39, 0.29) is 35.8 Å². The molecule has 1 aliphatic heterocycles. The number of ether oxygens (including phenoxy) is 2. The van der Waals surface area contributed by atoms with Gasteiger partial charge in [-0.1, -0.05) is 0 Å². The van der Waals surface area contributed by atoms with Gasteiger partial charge < -0.3 is 20.5 Å². The normalized spacial score (nSPS) is 16.1. The molecule has 0 bridgehead atoms. The number of benzene rings is 2. The summed E-state index contributed by atoms with van der Waals surface area (Å²) in [5.74, 6) is -1.09. The maximum atomic E-state index is 12.8. The Morgan fingerprint density at radius 1 is 1.16 bits per heavy atom. The number of methoxy groups -OCH3 is 1. The lowest BCUT2D eigenvalue weighted by atomic mass is 10.2. The number of likely N-dealkylation sites (tertiary alicyclic amines) is 1. The zero-order valence-corrected chi connectivity index (χ0v) is 16.9. The minimum absolute atomic E-state index is 0.0397. The number of nitrogens with zero attached hydrogens (tertiary/aromatic N) is 1. The summed E-state index contributed by atoms with van der Waals surface area (Å²) >= 11 is 0. The molecule has 3 N–H and O–H groups in total. The molecular weight excluding hydrogens is 431 g/mol. The Morgan fingerprint density at radius 2 is 1.81 bits per heavy atom. The summed E-state index contributed by atoms with van der Waals surface area (Å²) in [7, 11) is 1.38. The van der Waals surface area contributed by atoms with Crippen LogP contribution in [0.1, 0.15) is 18.4 Å². The molecule has 1 unspecified atom stereocenters. The minimum atomic E-state index is -4.46. The SMILES string of the molecule is COc1ccc(Oc2ccc(C(F)(F)F)cc2)cc1NC(=O)C1CCC(=O)N1C(=O)CN. The topological polar surface area (TPSA) is 111 Å². The van der Waals surface area contributed by atoms with E-state index in [9.17, 15) is 27.6 Å². The summed E-state index contributed by atoms with van der Waals surface area (Å²) in [5.41, 5.74) is 4.71. The number of hydrogen-bond donors (Lipinski definition) is 2. The third-order valence-corrected chi connectivity index (χ3v) is 4.80. The zero-order valence-electron chi connectivity index (χ0n) is 16.9. The van der Waals surface area contributed by atoms with Gasteiger partial charge in [-0.2, -0.15) is 13.2 Å². The lowest BCUT2D eigenvalue weighted by Crippen LogP contribution is -2.47. The number of alkyl halides is 3. The first-order valence-electron chi connectivity index (χ1n) is 9.53. The van der Waals surface area contributed by atoms with E-state index in [0.717, 1.165) is 17.0 Å². The molecule has 3 amide bonds. The first-order chi connectivity index (χ1) is 15.1. The molecule has 1 heterocycles. The van der Waals surface area contributed by atoms with Crippen LogP contribution in [0.3, 0.4) is 0 Å². The standard InChI is InChI=1S/C21H20F3N3O5/c1-31-17-8-6-14(32-13-4-2-12(3-5-13)21(22,23)24)10-15(17)26-20(30)16-7-9-18(28)27(16)19(29)11-25/h2-6,8,10,16H,7,9,11,25H2,1H3,(H,26,30). The lowest BCUT2D eigenvalue weighted by Gasteiger charge is -2.22. The molecule has 2 aromatic carbocycles. The van der Waals surface area contributed by atoms with Crippen LogP contribution in [0.2, 0.25) is 0 Å². The Labute approximate surface area is 181 Å². The van der Waals surface area contributed by atoms with Crippen molar-refractivity contribution in [2.75, 3.05) is 19.0 Å². The van der Waals surface area contributed by atoms with Crippen LogP contribution in [0.4, 0.5) is 18.9 Å². The highest BCUT2D eigenvalue weighted by atomic mass is 19.4. The molecule has 1 aliphatic rings. The average molecular weight is 451 g/mol. The van der Waals surface area contributed by atoms with Gasteiger partial charge in [-0.25, -0.2) is 0 Å². The van der Waals surface area contributed by atoms with Crippen LogP contribution in [-0.2, 0) is 20.6 Å². The number of nitrogens with one attached hydrogen (secondary N) is 1. The van der Waals surface area contributed by atoms with E-state index in [4.69, 9.17) is 15.2 Å². The predicted octanol–water partition coefficient (Wildman–Crippen LogP) is 2.92. The van der Waals surface area contributed by atoms with Gasteiger partial charge in [0.2, 0.25) is 17.7 Å². The molecule has 170 valence electrons. The fourth-order valence-electron chi connectivity index (χ4n) is 3.26. The van der Waals surface area contributed by atoms with Crippen molar-refractivity contribution in [3.63, 3.8) is 0 Å². The number of carbonyl (C=O) groups is 3. The summed E-state index contributed by atoms with van der Waals surface area (Å²) in [5, 5.41) is 2.61. The zero-order chi connectivity index (χ0) is 23.5. The van der Waals surface area contributed by atoms with Gasteiger partial charge in [0.25, 0.3) is 0 Å². The van der Waals surface area contributed by atoms with E-state index in [2.05, 4.69) is 5.32 Å². The van der Waals surface area contributed by atoms with Crippen LogP contribution in [-0.4, -0.2) is 42.3 Å². The smallest absolute Gasteiger partial charge is 0.416 e. The van der Waals surface area contributed by atoms with Gasteiger partial charge in [0.15, 0.2) is 0 Å². The van der Waals surface area contributed by atoms with Crippen LogP contribution >= 0.6 is 0 Å². The highest BCUT2D eigenvalue weighted by Crippen LogP contribution is 2.34. The average Bonchev–Trinajstić information content (AvgIpc) is 3.14. The number of amides is 3. The van der Waals surface area contributed by atoms with Crippen molar-refractivity contribution in [2.24, 2.45) is 5.73 Å². The summed E-state index contributed by atoms with van der Waals surface area (Å²) in [6.45, 7) is -0.407. The number of nitrogens with two attached hydrogens (primary N) is 1. The summed E-state index contributed by atoms with van der Waals surface area (Å²) in [4.78, 5) is 37.5. The largest absolute Gasteiger partial charge is 0.495 e. The molecular formula is C21H20F3N3O5. The maximum absolute atomic E-state index is 12.8. The van der Waals surface area contributed by atoms with Crippen molar-refractivity contribution in [3.05, 3.63) is 48.0 Å². The molecule has 1 saturated heterocycles. The van der Waals surface area contributed by atoms with Crippen molar-refractivity contribution in [2.45, 2.75) is 25.1 Å². The quantitative estimate of drug-likeness (QED) is 0.699. The van der Waals surface area contributed by atoms with Crippen LogP contribution < -0.4 is 20.5 Å². The Bertz CT molecular complexity index is 1020. The molecule has 0 spiro atoms. The van der Waals surface area contributed by atoms with Crippen LogP contribution in [0, 0.1) is 0 Å². The number of imide groups is 1. The Morgan fingerprint density at radius 3 is 2.41 bits per heavy atom. The molecule has 0 aromatic heterocycles. The van der Waals surface area contributed by atoms with Gasteiger partial charge in [0.1, 0.15) is 23.3 Å². The van der Waals surface area contributed by atoms with E-state index in [1.807, 2.05) is 0 Å². The third kappa shape index (κ3) is 4.99. The van der Waals surface area contributed by atoms with Gasteiger partial charge >= 0.3 is 6.18 Å². The van der Waals surface area contributed by atoms with Crippen molar-refractivity contribution in [3.8, 4) is 17.2 Å². The number of carbonyl (C=O) groups excluding carboxylic acids is 3. The first kappa shape index (κ1) is 23.1. The van der Waals surface area contributed by atoms with Crippen molar-refractivity contribution < 1.29 is 37.0 Å². The Kier molecular flexibility index (Phi) is 6.68. The Hall–Kier alpha value is -3.60. The van der Waals surface area contributed by atoms with E-state index in [1.165, 1.54) is 37.4 Å². The highest BCUT2D eigenvalue weighted by molar-refractivity contribution is 6.06. The van der Waals surface area contributed by atoms with Crippen molar-refractivity contribution >= 4 is 23.4 Å². The molecule has 0 aliphatic carbocycles. The molecule has 1 fully saturated rings. The summed E-state index contributed by atoms with van der Waals surface area (Å²) < 4.78 is 48.9. The number of anilines is 1. The second kappa shape index (κ2) is 9.27. The van der Waals surface area contributed by atoms with E-state index < -0.39 is 42.0 Å². The van der Waals surface area contributed by atoms with Gasteiger partial charge in [-0.3, -0.25) is 19.3 Å². The van der Waals surface area contributed by atoms with E-state index in [0.29, 0.717) is 0 Å². The highest BCUT2D eigenvalue weighted by Gasteiger charge is 2.39. The van der Waals surface area contributed by atoms with Gasteiger partial charge in [-0.15, -0.1) is 0 Å². The second-order valence-electron chi connectivity index (χ2n) is 6.89. The number of rotatable bonds is 6. The van der Waals surface area contributed by atoms with Crippen molar-refractivity contribution in [1.82, 2.24) is 4.90 Å². The molecule has 0 radical (unpaired) electrons. The molecule has 1 atom stereocenters. The number of hydrogen-bond acceptors (Lipinski definition) is 6. The molecule has 32 heavy (non-hydrogen) atoms. The van der Waals surface area contributed by atoms with Crippen molar-refractivity contribution in [1.29, 1.82) is 0 Å². The fraction of sp³-hybridized carbons (Fsp3) is 0.286. The van der Waals surface area contributed by atoms with Gasteiger partial charge in [-0.05, 0) is 42.8 Å². The fourth-order valence-corrected chi connectivity index (χ4v) is 3.26. The van der Waals surface area contributed by atoms with E-state index in [1.54, 1.807) is 0 Å². The lowest BCUT2D eigenvalue weighted by molar-refractivity contribution is -0.146. The molecule has 0 saturated carbocycles. The molecule has 3 rings (SSSR count). The van der Waals surface area contributed by atoms with Crippen LogP contribution in [0.25, 0.3) is 0 Å². The number of halogens is 3. The maximum Gasteiger partial charge on any atom is 0.416 e. The second-order valence-corrected chi connectivity index (χ2v) is 6.89. The van der Waals surface area contributed by atoms with E-state index >= 15 is 0 Å². The van der Waals surface area contributed by atoms with Crippen LogP contribution in [0.5, 0.6) is 17.2 Å².